The van der Waals surface area contributed by atoms with E-state index in [4.69, 9.17) is 0 Å². The van der Waals surface area contributed by atoms with E-state index in [-0.39, 0.29) is 11.3 Å². The number of hydrogen-bond donors (Lipinski definition) is 2. The first kappa shape index (κ1) is 13.4. The lowest BCUT2D eigenvalue weighted by Crippen LogP contribution is -2.33. The Hall–Kier alpha value is -2.02. The summed E-state index contributed by atoms with van der Waals surface area (Å²) in [5, 5.41) is 16.2. The normalized spacial score (nSPS) is 14.2. The minimum atomic E-state index is -0.887. The Morgan fingerprint density at radius 2 is 2.16 bits per heavy atom. The molecule has 1 aromatic carbocycles. The van der Waals surface area contributed by atoms with Crippen molar-refractivity contribution in [1.29, 1.82) is 0 Å². The molecule has 6 nitrogen and oxygen atoms in total. The van der Waals surface area contributed by atoms with Gasteiger partial charge in [-0.1, -0.05) is 0 Å². The predicted molar refractivity (Wildman–Crippen MR) is 66.4 cm³/mol. The number of nitro groups is 1. The zero-order chi connectivity index (χ0) is 13.8. The van der Waals surface area contributed by atoms with Gasteiger partial charge in [0.15, 0.2) is 0 Å². The predicted octanol–water partition coefficient (Wildman–Crippen LogP) is 1.22. The van der Waals surface area contributed by atoms with E-state index in [1.54, 1.807) is 0 Å². The van der Waals surface area contributed by atoms with Gasteiger partial charge in [-0.25, -0.2) is 4.39 Å². The lowest BCUT2D eigenvalue weighted by Gasteiger charge is -2.06. The van der Waals surface area contributed by atoms with Crippen LogP contribution in [0.2, 0.25) is 0 Å². The summed E-state index contributed by atoms with van der Waals surface area (Å²) in [6, 6.07) is 3.53. The second-order valence-electron chi connectivity index (χ2n) is 4.41. The van der Waals surface area contributed by atoms with Gasteiger partial charge in [0.2, 0.25) is 0 Å². The third kappa shape index (κ3) is 3.72. The van der Waals surface area contributed by atoms with Crippen LogP contribution in [0.1, 0.15) is 23.2 Å². The summed E-state index contributed by atoms with van der Waals surface area (Å²) in [5.41, 5.74) is -0.554. The Balaban J connectivity index is 1.88. The second kappa shape index (κ2) is 5.75. The largest absolute Gasteiger partial charge is 0.351 e. The number of non-ortho nitro benzene ring substituents is 1. The Kier molecular flexibility index (Phi) is 4.06. The van der Waals surface area contributed by atoms with E-state index in [0.717, 1.165) is 31.0 Å². The number of rotatable bonds is 6. The summed E-state index contributed by atoms with van der Waals surface area (Å²) >= 11 is 0. The van der Waals surface area contributed by atoms with Gasteiger partial charge in [0, 0.05) is 25.2 Å². The maximum Gasteiger partial charge on any atom is 0.272 e. The van der Waals surface area contributed by atoms with Crippen molar-refractivity contribution in [2.45, 2.75) is 18.9 Å². The van der Waals surface area contributed by atoms with Crippen LogP contribution in [0.3, 0.4) is 0 Å². The molecule has 0 unspecified atom stereocenters. The van der Waals surface area contributed by atoms with Crippen molar-refractivity contribution in [2.75, 3.05) is 13.1 Å². The van der Waals surface area contributed by atoms with E-state index < -0.39 is 16.6 Å². The highest BCUT2D eigenvalue weighted by atomic mass is 19.1. The van der Waals surface area contributed by atoms with Crippen LogP contribution in [0.25, 0.3) is 0 Å². The van der Waals surface area contributed by atoms with Crippen molar-refractivity contribution >= 4 is 11.6 Å². The summed E-state index contributed by atoms with van der Waals surface area (Å²) in [5.74, 6) is -1.45. The van der Waals surface area contributed by atoms with E-state index in [0.29, 0.717) is 19.1 Å². The number of hydrogen-bond acceptors (Lipinski definition) is 4. The van der Waals surface area contributed by atoms with Gasteiger partial charge >= 0.3 is 0 Å². The SMILES string of the molecule is O=C(NCCNC1CC1)c1ccc([N+](=O)[O-])cc1F. The van der Waals surface area contributed by atoms with Crippen molar-refractivity contribution in [1.82, 2.24) is 10.6 Å². The highest BCUT2D eigenvalue weighted by Gasteiger charge is 2.20. The number of carbonyl (C=O) groups excluding carboxylic acids is 1. The molecule has 0 heterocycles. The maximum absolute atomic E-state index is 13.5. The van der Waals surface area contributed by atoms with Crippen LogP contribution < -0.4 is 10.6 Å². The van der Waals surface area contributed by atoms with Crippen LogP contribution in [0.4, 0.5) is 10.1 Å². The van der Waals surface area contributed by atoms with Crippen molar-refractivity contribution in [3.8, 4) is 0 Å². The molecule has 0 radical (unpaired) electrons. The van der Waals surface area contributed by atoms with Crippen LogP contribution >= 0.6 is 0 Å². The van der Waals surface area contributed by atoms with Crippen molar-refractivity contribution in [2.24, 2.45) is 0 Å². The molecule has 1 fully saturated rings. The van der Waals surface area contributed by atoms with Crippen molar-refractivity contribution in [3.63, 3.8) is 0 Å². The zero-order valence-corrected chi connectivity index (χ0v) is 10.2. The molecule has 102 valence electrons. The minimum absolute atomic E-state index is 0.183. The first-order valence-electron chi connectivity index (χ1n) is 6.03. The average molecular weight is 267 g/mol. The molecule has 2 N–H and O–H groups in total. The van der Waals surface area contributed by atoms with Crippen molar-refractivity contribution in [3.05, 3.63) is 39.7 Å². The van der Waals surface area contributed by atoms with Gasteiger partial charge in [-0.05, 0) is 18.9 Å². The lowest BCUT2D eigenvalue weighted by atomic mass is 10.2. The van der Waals surface area contributed by atoms with Crippen LogP contribution in [0.5, 0.6) is 0 Å². The first-order chi connectivity index (χ1) is 9.08. The van der Waals surface area contributed by atoms with Crippen molar-refractivity contribution < 1.29 is 14.1 Å². The third-order valence-electron chi connectivity index (χ3n) is 2.83. The molecule has 1 aromatic rings. The molecule has 19 heavy (non-hydrogen) atoms. The molecule has 0 spiro atoms. The van der Waals surface area contributed by atoms with E-state index in [1.807, 2.05) is 0 Å². The molecule has 0 aromatic heterocycles. The molecule has 0 saturated heterocycles. The molecule has 0 atom stereocenters. The van der Waals surface area contributed by atoms with E-state index in [2.05, 4.69) is 10.6 Å². The van der Waals surface area contributed by atoms with Gasteiger partial charge in [-0.15, -0.1) is 0 Å². The van der Waals surface area contributed by atoms with Gasteiger partial charge in [-0.2, -0.15) is 0 Å². The fraction of sp³-hybridized carbons (Fsp3) is 0.417. The van der Waals surface area contributed by atoms with Gasteiger partial charge in [0.05, 0.1) is 16.6 Å². The second-order valence-corrected chi connectivity index (χ2v) is 4.41. The quantitative estimate of drug-likeness (QED) is 0.461. The van der Waals surface area contributed by atoms with E-state index in [9.17, 15) is 19.3 Å². The maximum atomic E-state index is 13.5. The first-order valence-corrected chi connectivity index (χ1v) is 6.03. The van der Waals surface area contributed by atoms with Crippen LogP contribution in [-0.4, -0.2) is 30.0 Å². The highest BCUT2D eigenvalue weighted by Crippen LogP contribution is 2.18. The van der Waals surface area contributed by atoms with E-state index in [1.165, 1.54) is 0 Å². The monoisotopic (exact) mass is 267 g/mol. The Labute approximate surface area is 109 Å². The van der Waals surface area contributed by atoms with Gasteiger partial charge in [0.1, 0.15) is 5.82 Å². The molecule has 2 rings (SSSR count). The number of nitrogens with zero attached hydrogens (tertiary/aromatic N) is 1. The average Bonchev–Trinajstić information content (AvgIpc) is 3.18. The zero-order valence-electron chi connectivity index (χ0n) is 10.2. The topological polar surface area (TPSA) is 84.3 Å². The number of halogens is 1. The van der Waals surface area contributed by atoms with Gasteiger partial charge in [0.25, 0.3) is 11.6 Å². The number of amides is 1. The molecule has 1 amide bonds. The minimum Gasteiger partial charge on any atom is -0.351 e. The fourth-order valence-corrected chi connectivity index (χ4v) is 1.64. The lowest BCUT2D eigenvalue weighted by molar-refractivity contribution is -0.385. The Morgan fingerprint density at radius 3 is 2.74 bits per heavy atom. The molecular formula is C12H14FN3O3. The molecular weight excluding hydrogens is 253 g/mol. The number of carbonyl (C=O) groups is 1. The summed E-state index contributed by atoms with van der Waals surface area (Å²) in [6.07, 6.45) is 2.32. The third-order valence-corrected chi connectivity index (χ3v) is 2.83. The molecule has 1 aliphatic carbocycles. The summed E-state index contributed by atoms with van der Waals surface area (Å²) in [4.78, 5) is 21.4. The fourth-order valence-electron chi connectivity index (χ4n) is 1.64. The molecule has 0 aliphatic heterocycles. The summed E-state index contributed by atoms with van der Waals surface area (Å²) in [7, 11) is 0. The van der Waals surface area contributed by atoms with E-state index >= 15 is 0 Å². The molecule has 1 saturated carbocycles. The Bertz CT molecular complexity index is 503. The highest BCUT2D eigenvalue weighted by molar-refractivity contribution is 5.94. The molecule has 1 aliphatic rings. The smallest absolute Gasteiger partial charge is 0.272 e. The molecule has 0 bridgehead atoms. The number of benzene rings is 1. The van der Waals surface area contributed by atoms with Crippen LogP contribution in [0.15, 0.2) is 18.2 Å². The van der Waals surface area contributed by atoms with Crippen LogP contribution in [0, 0.1) is 15.9 Å². The van der Waals surface area contributed by atoms with Crippen LogP contribution in [-0.2, 0) is 0 Å². The Morgan fingerprint density at radius 1 is 1.42 bits per heavy atom. The number of nitrogens with one attached hydrogen (secondary N) is 2. The standard InChI is InChI=1S/C12H14FN3O3/c13-11-7-9(16(18)19)3-4-10(11)12(17)15-6-5-14-8-1-2-8/h3-4,7-8,14H,1-2,5-6H2,(H,15,17). The van der Waals surface area contributed by atoms with Gasteiger partial charge in [-0.3, -0.25) is 14.9 Å². The summed E-state index contributed by atoms with van der Waals surface area (Å²) in [6.45, 7) is 1.02. The summed E-state index contributed by atoms with van der Waals surface area (Å²) < 4.78 is 13.5. The molecule has 7 heteroatoms. The number of nitro benzene ring substituents is 1. The van der Waals surface area contributed by atoms with Gasteiger partial charge < -0.3 is 10.6 Å².